The number of esters is 1. The maximum Gasteiger partial charge on any atom is 0.325 e. The molecule has 7 heteroatoms. The molecular weight excluding hydrogens is 382 g/mol. The molecule has 0 radical (unpaired) electrons. The molecule has 0 bridgehead atoms. The van der Waals surface area contributed by atoms with Crippen molar-refractivity contribution in [2.75, 3.05) is 13.7 Å². The maximum absolute atomic E-state index is 12.2. The molecule has 7 nitrogen and oxygen atoms in total. The number of carbonyl (C=O) groups is 2. The fourth-order valence-electron chi connectivity index (χ4n) is 3.30. The second-order valence-corrected chi connectivity index (χ2v) is 6.73. The van der Waals surface area contributed by atoms with Crippen molar-refractivity contribution >= 4 is 29.0 Å². The molecule has 0 aliphatic rings. The van der Waals surface area contributed by atoms with Crippen molar-refractivity contribution in [3.8, 4) is 5.75 Å². The molecule has 156 valence electrons. The predicted molar refractivity (Wildman–Crippen MR) is 116 cm³/mol. The summed E-state index contributed by atoms with van der Waals surface area (Å²) in [4.78, 5) is 24.2. The van der Waals surface area contributed by atoms with E-state index < -0.39 is 0 Å². The number of hydrogen-bond donors (Lipinski definition) is 1. The fourth-order valence-corrected chi connectivity index (χ4v) is 3.30. The molecule has 1 amide bonds. The highest BCUT2D eigenvalue weighted by Gasteiger charge is 2.15. The van der Waals surface area contributed by atoms with E-state index in [-0.39, 0.29) is 24.8 Å². The van der Waals surface area contributed by atoms with Gasteiger partial charge in [-0.3, -0.25) is 9.59 Å². The van der Waals surface area contributed by atoms with Gasteiger partial charge in [0.25, 0.3) is 0 Å². The number of para-hydroxylation sites is 1. The van der Waals surface area contributed by atoms with Crippen LogP contribution in [0.15, 0.2) is 53.6 Å². The number of benzene rings is 2. The van der Waals surface area contributed by atoms with E-state index in [1.807, 2.05) is 60.0 Å². The lowest BCUT2D eigenvalue weighted by Crippen LogP contribution is -2.19. The van der Waals surface area contributed by atoms with E-state index in [0.717, 1.165) is 33.5 Å². The molecule has 3 aromatic rings. The number of nitrogens with zero attached hydrogens (tertiary/aromatic N) is 2. The molecule has 0 saturated heterocycles. The lowest BCUT2D eigenvalue weighted by molar-refractivity contribution is -0.143. The summed E-state index contributed by atoms with van der Waals surface area (Å²) >= 11 is 0. The minimum absolute atomic E-state index is 0.123. The Hall–Kier alpha value is -3.61. The van der Waals surface area contributed by atoms with Crippen LogP contribution in [0.3, 0.4) is 0 Å². The third-order valence-corrected chi connectivity index (χ3v) is 4.78. The standard InChI is InChI=1S/C23H25N3O4/c1-4-30-23(28)15-26-16(2)20(19-7-5-6-8-21(19)26)14-24-25-22(27)13-17-9-11-18(29-3)12-10-17/h5-12,14H,4,13,15H2,1-3H3,(H,25,27)/b24-14+. The van der Waals surface area contributed by atoms with Crippen LogP contribution in [-0.2, 0) is 27.3 Å². The summed E-state index contributed by atoms with van der Waals surface area (Å²) in [5.74, 6) is 0.230. The Labute approximate surface area is 175 Å². The van der Waals surface area contributed by atoms with E-state index >= 15 is 0 Å². The minimum atomic E-state index is -0.294. The van der Waals surface area contributed by atoms with E-state index in [4.69, 9.17) is 9.47 Å². The summed E-state index contributed by atoms with van der Waals surface area (Å²) in [5, 5.41) is 5.08. The topological polar surface area (TPSA) is 81.9 Å². The zero-order valence-electron chi connectivity index (χ0n) is 17.3. The molecular formula is C23H25N3O4. The van der Waals surface area contributed by atoms with Gasteiger partial charge in [-0.15, -0.1) is 0 Å². The van der Waals surface area contributed by atoms with Crippen LogP contribution in [-0.4, -0.2) is 36.4 Å². The Balaban J connectivity index is 1.74. The SMILES string of the molecule is CCOC(=O)Cn1c(C)c(/C=N/NC(=O)Cc2ccc(OC)cc2)c2ccccc21. The summed E-state index contributed by atoms with van der Waals surface area (Å²) in [6.45, 7) is 4.16. The van der Waals surface area contributed by atoms with E-state index in [1.165, 1.54) is 0 Å². The Bertz CT molecular complexity index is 1070. The second-order valence-electron chi connectivity index (χ2n) is 6.73. The van der Waals surface area contributed by atoms with E-state index in [2.05, 4.69) is 10.5 Å². The van der Waals surface area contributed by atoms with E-state index in [0.29, 0.717) is 6.61 Å². The van der Waals surface area contributed by atoms with Crippen LogP contribution in [0.1, 0.15) is 23.7 Å². The van der Waals surface area contributed by atoms with Crippen LogP contribution >= 0.6 is 0 Å². The van der Waals surface area contributed by atoms with Crippen molar-refractivity contribution in [1.29, 1.82) is 0 Å². The lowest BCUT2D eigenvalue weighted by atomic mass is 10.1. The van der Waals surface area contributed by atoms with Crippen molar-refractivity contribution in [3.63, 3.8) is 0 Å². The summed E-state index contributed by atoms with van der Waals surface area (Å²) in [5.41, 5.74) is 6.07. The normalized spacial score (nSPS) is 11.0. The average Bonchev–Trinajstić information content (AvgIpc) is 3.00. The highest BCUT2D eigenvalue weighted by molar-refractivity contribution is 6.01. The van der Waals surface area contributed by atoms with Gasteiger partial charge in [-0.25, -0.2) is 5.43 Å². The highest BCUT2D eigenvalue weighted by atomic mass is 16.5. The molecule has 1 heterocycles. The number of aromatic nitrogens is 1. The monoisotopic (exact) mass is 407 g/mol. The molecule has 0 spiro atoms. The van der Waals surface area contributed by atoms with Gasteiger partial charge < -0.3 is 14.0 Å². The van der Waals surface area contributed by atoms with Gasteiger partial charge in [-0.2, -0.15) is 5.10 Å². The van der Waals surface area contributed by atoms with Crippen molar-refractivity contribution in [2.45, 2.75) is 26.8 Å². The van der Waals surface area contributed by atoms with Gasteiger partial charge in [0.15, 0.2) is 0 Å². The maximum atomic E-state index is 12.2. The number of nitrogens with one attached hydrogen (secondary N) is 1. The molecule has 0 aliphatic carbocycles. The van der Waals surface area contributed by atoms with Crippen LogP contribution in [0.25, 0.3) is 10.9 Å². The predicted octanol–water partition coefficient (Wildman–Crippen LogP) is 3.21. The van der Waals surface area contributed by atoms with Crippen LogP contribution in [0.4, 0.5) is 0 Å². The molecule has 0 fully saturated rings. The van der Waals surface area contributed by atoms with Crippen molar-refractivity contribution in [1.82, 2.24) is 9.99 Å². The lowest BCUT2D eigenvalue weighted by Gasteiger charge is -2.07. The first-order valence-corrected chi connectivity index (χ1v) is 9.71. The highest BCUT2D eigenvalue weighted by Crippen LogP contribution is 2.24. The number of carbonyl (C=O) groups excluding carboxylic acids is 2. The quantitative estimate of drug-likeness (QED) is 0.353. The van der Waals surface area contributed by atoms with Gasteiger partial charge in [0.05, 0.1) is 26.4 Å². The molecule has 0 saturated carbocycles. The van der Waals surface area contributed by atoms with Gasteiger partial charge in [0.2, 0.25) is 5.91 Å². The second kappa shape index (κ2) is 9.73. The number of methoxy groups -OCH3 is 1. The Morgan fingerprint density at radius 1 is 1.13 bits per heavy atom. The third-order valence-electron chi connectivity index (χ3n) is 4.78. The molecule has 30 heavy (non-hydrogen) atoms. The van der Waals surface area contributed by atoms with Gasteiger partial charge in [-0.1, -0.05) is 30.3 Å². The van der Waals surface area contributed by atoms with Crippen molar-refractivity contribution < 1.29 is 19.1 Å². The number of fused-ring (bicyclic) bond motifs is 1. The first-order valence-electron chi connectivity index (χ1n) is 9.71. The first kappa shape index (κ1) is 21.1. The molecule has 1 N–H and O–H groups in total. The number of amides is 1. The largest absolute Gasteiger partial charge is 0.497 e. The molecule has 2 aromatic carbocycles. The number of hydrogen-bond acceptors (Lipinski definition) is 5. The molecule has 1 aromatic heterocycles. The van der Waals surface area contributed by atoms with Gasteiger partial charge in [0, 0.05) is 22.2 Å². The Kier molecular flexibility index (Phi) is 6.85. The van der Waals surface area contributed by atoms with Crippen LogP contribution in [0.5, 0.6) is 5.75 Å². The molecule has 0 aliphatic heterocycles. The van der Waals surface area contributed by atoms with E-state index in [9.17, 15) is 9.59 Å². The van der Waals surface area contributed by atoms with Gasteiger partial charge >= 0.3 is 5.97 Å². The fraction of sp³-hybridized carbons (Fsp3) is 0.261. The number of hydrazone groups is 1. The van der Waals surface area contributed by atoms with Crippen molar-refractivity contribution in [2.24, 2.45) is 5.10 Å². The average molecular weight is 407 g/mol. The van der Waals surface area contributed by atoms with Crippen LogP contribution < -0.4 is 10.2 Å². The third kappa shape index (κ3) is 4.86. The summed E-state index contributed by atoms with van der Waals surface area (Å²) in [6, 6.07) is 15.1. The molecule has 0 unspecified atom stereocenters. The van der Waals surface area contributed by atoms with Crippen LogP contribution in [0.2, 0.25) is 0 Å². The van der Waals surface area contributed by atoms with Gasteiger partial charge in [0.1, 0.15) is 12.3 Å². The zero-order valence-corrected chi connectivity index (χ0v) is 17.3. The minimum Gasteiger partial charge on any atom is -0.497 e. The van der Waals surface area contributed by atoms with Crippen LogP contribution in [0, 0.1) is 6.92 Å². The number of rotatable bonds is 8. The summed E-state index contributed by atoms with van der Waals surface area (Å²) in [7, 11) is 1.60. The molecule has 3 rings (SSSR count). The zero-order chi connectivity index (χ0) is 21.5. The van der Waals surface area contributed by atoms with Gasteiger partial charge in [-0.05, 0) is 37.6 Å². The molecule has 0 atom stereocenters. The Morgan fingerprint density at radius 3 is 2.57 bits per heavy atom. The number of ether oxygens (including phenoxy) is 2. The smallest absolute Gasteiger partial charge is 0.325 e. The first-order chi connectivity index (χ1) is 14.5. The Morgan fingerprint density at radius 2 is 1.87 bits per heavy atom. The summed E-state index contributed by atoms with van der Waals surface area (Å²) < 4.78 is 12.1. The van der Waals surface area contributed by atoms with Crippen molar-refractivity contribution in [3.05, 3.63) is 65.4 Å². The van der Waals surface area contributed by atoms with E-state index in [1.54, 1.807) is 20.2 Å². The summed E-state index contributed by atoms with van der Waals surface area (Å²) in [6.07, 6.45) is 1.83.